The lowest BCUT2D eigenvalue weighted by Gasteiger charge is -2.13. The molecule has 1 amide bonds. The Hall–Kier alpha value is -1.76. The number of aromatic nitrogens is 3. The Balaban J connectivity index is 1.51. The van der Waals surface area contributed by atoms with E-state index in [9.17, 15) is 4.79 Å². The van der Waals surface area contributed by atoms with E-state index in [0.717, 1.165) is 12.8 Å². The lowest BCUT2D eigenvalue weighted by Crippen LogP contribution is -2.34. The monoisotopic (exact) mass is 408 g/mol. The van der Waals surface area contributed by atoms with Crippen LogP contribution in [0.15, 0.2) is 47.8 Å². The van der Waals surface area contributed by atoms with Crippen molar-refractivity contribution in [3.05, 3.63) is 58.2 Å². The Morgan fingerprint density at radius 2 is 2.04 bits per heavy atom. The van der Waals surface area contributed by atoms with Gasteiger partial charge in [0.15, 0.2) is 10.8 Å². The number of aryl methyl sites for hydroxylation is 1. The number of benzene rings is 1. The van der Waals surface area contributed by atoms with Crippen molar-refractivity contribution >= 4 is 46.5 Å². The molecule has 0 radical (unpaired) electrons. The number of carbonyl (C=O) groups excluding carboxylic acids is 1. The predicted octanol–water partition coefficient (Wildman–Crippen LogP) is 4.27. The summed E-state index contributed by atoms with van der Waals surface area (Å²) in [7, 11) is 0. The molecule has 0 saturated carbocycles. The smallest absolute Gasteiger partial charge is 0.230 e. The van der Waals surface area contributed by atoms with E-state index in [0.29, 0.717) is 20.8 Å². The summed E-state index contributed by atoms with van der Waals surface area (Å²) in [6, 6.07) is 12.0. The van der Waals surface area contributed by atoms with E-state index in [1.54, 1.807) is 16.7 Å². The minimum atomic E-state index is -0.0413. The number of pyridine rings is 1. The average molecular weight is 409 g/mol. The Labute approximate surface area is 166 Å². The Morgan fingerprint density at radius 3 is 2.81 bits per heavy atom. The summed E-state index contributed by atoms with van der Waals surface area (Å²) >= 11 is 13.4. The SMILES string of the molecule is C[C@@H](CCc1ccccc1)NC(=O)CSc1nnc2c(Cl)cc(Cl)cn12. The quantitative estimate of drug-likeness (QED) is 0.593. The van der Waals surface area contributed by atoms with Crippen LogP contribution in [-0.2, 0) is 11.2 Å². The molecule has 1 aromatic carbocycles. The highest BCUT2D eigenvalue weighted by Gasteiger charge is 2.13. The third-order valence-electron chi connectivity index (χ3n) is 3.84. The van der Waals surface area contributed by atoms with Crippen molar-refractivity contribution in [1.29, 1.82) is 0 Å². The highest BCUT2D eigenvalue weighted by atomic mass is 35.5. The van der Waals surface area contributed by atoms with Gasteiger partial charge in [0.25, 0.3) is 0 Å². The molecule has 2 heterocycles. The predicted molar refractivity (Wildman–Crippen MR) is 106 cm³/mol. The first-order valence-electron chi connectivity index (χ1n) is 8.19. The number of nitrogens with zero attached hydrogens (tertiary/aromatic N) is 3. The van der Waals surface area contributed by atoms with Gasteiger partial charge >= 0.3 is 0 Å². The Morgan fingerprint density at radius 1 is 1.27 bits per heavy atom. The lowest BCUT2D eigenvalue weighted by molar-refractivity contribution is -0.119. The van der Waals surface area contributed by atoms with Gasteiger partial charge in [-0.3, -0.25) is 9.20 Å². The topological polar surface area (TPSA) is 59.3 Å². The second-order valence-electron chi connectivity index (χ2n) is 5.96. The van der Waals surface area contributed by atoms with Crippen LogP contribution in [-0.4, -0.2) is 32.3 Å². The van der Waals surface area contributed by atoms with Crippen LogP contribution in [0.2, 0.25) is 10.0 Å². The van der Waals surface area contributed by atoms with Gasteiger partial charge in [-0.2, -0.15) is 0 Å². The number of carbonyl (C=O) groups is 1. The van der Waals surface area contributed by atoms with E-state index in [1.807, 2.05) is 25.1 Å². The first-order valence-corrected chi connectivity index (χ1v) is 9.93. The third kappa shape index (κ3) is 4.90. The molecular formula is C18H18Cl2N4OS. The summed E-state index contributed by atoms with van der Waals surface area (Å²) in [5.74, 6) is 0.209. The van der Waals surface area contributed by atoms with Crippen LogP contribution in [0.3, 0.4) is 0 Å². The Kier molecular flexibility index (Phi) is 6.40. The van der Waals surface area contributed by atoms with Crippen molar-refractivity contribution in [2.24, 2.45) is 0 Å². The van der Waals surface area contributed by atoms with Gasteiger partial charge in [-0.25, -0.2) is 0 Å². The first kappa shape index (κ1) is 19.0. The molecule has 136 valence electrons. The minimum absolute atomic E-state index is 0.0413. The fourth-order valence-electron chi connectivity index (χ4n) is 2.55. The van der Waals surface area contributed by atoms with E-state index >= 15 is 0 Å². The molecule has 8 heteroatoms. The number of rotatable bonds is 7. The molecule has 3 aromatic rings. The van der Waals surface area contributed by atoms with Crippen molar-refractivity contribution in [3.8, 4) is 0 Å². The van der Waals surface area contributed by atoms with Crippen molar-refractivity contribution in [2.75, 3.05) is 5.75 Å². The molecular weight excluding hydrogens is 391 g/mol. The van der Waals surface area contributed by atoms with E-state index < -0.39 is 0 Å². The van der Waals surface area contributed by atoms with Crippen molar-refractivity contribution in [2.45, 2.75) is 31.0 Å². The van der Waals surface area contributed by atoms with Gasteiger partial charge in [0, 0.05) is 12.2 Å². The lowest BCUT2D eigenvalue weighted by atomic mass is 10.1. The molecule has 26 heavy (non-hydrogen) atoms. The van der Waals surface area contributed by atoms with Crippen LogP contribution in [0.5, 0.6) is 0 Å². The molecule has 0 fully saturated rings. The molecule has 0 bridgehead atoms. The van der Waals surface area contributed by atoms with Gasteiger partial charge in [0.05, 0.1) is 15.8 Å². The fourth-order valence-corrected chi connectivity index (χ4v) is 3.78. The molecule has 1 N–H and O–H groups in total. The molecule has 5 nitrogen and oxygen atoms in total. The van der Waals surface area contributed by atoms with E-state index in [-0.39, 0.29) is 17.7 Å². The normalized spacial score (nSPS) is 12.3. The largest absolute Gasteiger partial charge is 0.353 e. The maximum Gasteiger partial charge on any atom is 0.230 e. The van der Waals surface area contributed by atoms with Crippen LogP contribution >= 0.6 is 35.0 Å². The zero-order valence-corrected chi connectivity index (χ0v) is 16.5. The molecule has 0 saturated heterocycles. The number of nitrogens with one attached hydrogen (secondary N) is 1. The summed E-state index contributed by atoms with van der Waals surface area (Å²) in [5, 5.41) is 12.6. The van der Waals surface area contributed by atoms with Gasteiger partial charge in [0.1, 0.15) is 0 Å². The van der Waals surface area contributed by atoms with Gasteiger partial charge in [-0.15, -0.1) is 10.2 Å². The van der Waals surface area contributed by atoms with Crippen LogP contribution in [0.25, 0.3) is 5.65 Å². The first-order chi connectivity index (χ1) is 12.5. The van der Waals surface area contributed by atoms with Gasteiger partial charge < -0.3 is 5.32 Å². The summed E-state index contributed by atoms with van der Waals surface area (Å²) in [4.78, 5) is 12.2. The third-order valence-corrected chi connectivity index (χ3v) is 5.27. The number of fused-ring (bicyclic) bond motifs is 1. The molecule has 2 aromatic heterocycles. The van der Waals surface area contributed by atoms with Crippen LogP contribution < -0.4 is 5.32 Å². The maximum absolute atomic E-state index is 12.2. The van der Waals surface area contributed by atoms with E-state index in [4.69, 9.17) is 23.2 Å². The number of thioether (sulfide) groups is 1. The second kappa shape index (κ2) is 8.75. The molecule has 1 atom stereocenters. The highest BCUT2D eigenvalue weighted by molar-refractivity contribution is 7.99. The second-order valence-corrected chi connectivity index (χ2v) is 7.75. The van der Waals surface area contributed by atoms with Crippen LogP contribution in [0.4, 0.5) is 0 Å². The standard InChI is InChI=1S/C18H18Cl2N4OS/c1-12(7-8-13-5-3-2-4-6-13)21-16(25)11-26-18-23-22-17-15(20)9-14(19)10-24(17)18/h2-6,9-10,12H,7-8,11H2,1H3,(H,21,25)/t12-/m0/s1. The van der Waals surface area contributed by atoms with Crippen LogP contribution in [0, 0.1) is 0 Å². The summed E-state index contributed by atoms with van der Waals surface area (Å²) < 4.78 is 1.70. The van der Waals surface area contributed by atoms with Gasteiger partial charge in [-0.05, 0) is 31.4 Å². The van der Waals surface area contributed by atoms with Gasteiger partial charge in [0.2, 0.25) is 5.91 Å². The van der Waals surface area contributed by atoms with Crippen molar-refractivity contribution < 1.29 is 4.79 Å². The highest BCUT2D eigenvalue weighted by Crippen LogP contribution is 2.25. The zero-order chi connectivity index (χ0) is 18.5. The molecule has 0 aliphatic rings. The van der Waals surface area contributed by atoms with Crippen molar-refractivity contribution in [1.82, 2.24) is 19.9 Å². The van der Waals surface area contributed by atoms with E-state index in [2.05, 4.69) is 27.6 Å². The van der Waals surface area contributed by atoms with Gasteiger partial charge in [-0.1, -0.05) is 65.3 Å². The Bertz CT molecular complexity index is 901. The molecule has 0 aliphatic heterocycles. The average Bonchev–Trinajstić information content (AvgIpc) is 3.02. The molecule has 3 rings (SSSR count). The maximum atomic E-state index is 12.2. The fraction of sp³-hybridized carbons (Fsp3) is 0.278. The molecule has 0 unspecified atom stereocenters. The number of hydrogen-bond acceptors (Lipinski definition) is 4. The molecule has 0 spiro atoms. The van der Waals surface area contributed by atoms with Crippen LogP contribution in [0.1, 0.15) is 18.9 Å². The summed E-state index contributed by atoms with van der Waals surface area (Å²) in [5.41, 5.74) is 1.79. The van der Waals surface area contributed by atoms with E-state index in [1.165, 1.54) is 17.3 Å². The molecule has 0 aliphatic carbocycles. The van der Waals surface area contributed by atoms with Crippen molar-refractivity contribution in [3.63, 3.8) is 0 Å². The number of halogens is 2. The minimum Gasteiger partial charge on any atom is -0.353 e. The number of hydrogen-bond donors (Lipinski definition) is 1. The summed E-state index contributed by atoms with van der Waals surface area (Å²) in [6.45, 7) is 2.01. The zero-order valence-electron chi connectivity index (χ0n) is 14.2. The number of amides is 1. The summed E-state index contributed by atoms with van der Waals surface area (Å²) in [6.07, 6.45) is 3.51.